The summed E-state index contributed by atoms with van der Waals surface area (Å²) in [6.45, 7) is 6.74. The van der Waals surface area contributed by atoms with Gasteiger partial charge in [0.15, 0.2) is 0 Å². The summed E-state index contributed by atoms with van der Waals surface area (Å²) in [5.41, 5.74) is 9.21. The minimum Gasteiger partial charge on any atom is -1.00 e. The maximum absolute atomic E-state index is 13.9. The van der Waals surface area contributed by atoms with Gasteiger partial charge in [-0.05, 0) is 170 Å². The molecule has 12 aromatic carbocycles. The van der Waals surface area contributed by atoms with Crippen LogP contribution in [0.2, 0.25) is 0 Å². The first-order valence-electron chi connectivity index (χ1n) is 47.7. The molecule has 147 heavy (non-hydrogen) atoms. The van der Waals surface area contributed by atoms with E-state index >= 15 is 0 Å². The number of carbonyl (C=O) groups is 6. The number of halogens is 7. The van der Waals surface area contributed by atoms with E-state index in [2.05, 4.69) is 301 Å². The number of hydrogen-bond donors (Lipinski definition) is 5. The Morgan fingerprint density at radius 1 is 0.469 bits per heavy atom. The minimum atomic E-state index is -1.67. The van der Waals surface area contributed by atoms with Gasteiger partial charge in [0, 0.05) is 83.4 Å². The largest absolute Gasteiger partial charge is 1.00 e. The number of aliphatic carboxylic acids is 1. The number of carboxylic acid groups (broad SMARTS) is 1. The van der Waals surface area contributed by atoms with Gasteiger partial charge in [0.25, 0.3) is 6.47 Å². The van der Waals surface area contributed by atoms with Crippen molar-refractivity contribution in [3.63, 3.8) is 0 Å². The van der Waals surface area contributed by atoms with E-state index in [4.69, 9.17) is 35.3 Å². The number of benzene rings is 12. The van der Waals surface area contributed by atoms with Gasteiger partial charge in [-0.3, -0.25) is 28.8 Å². The van der Waals surface area contributed by atoms with Crippen LogP contribution in [0.25, 0.3) is 0 Å². The Morgan fingerprint density at radius 3 is 0.973 bits per heavy atom. The molecule has 0 bridgehead atoms. The van der Waals surface area contributed by atoms with Crippen molar-refractivity contribution in [1.29, 1.82) is 0 Å². The molecule has 6 fully saturated rings. The molecule has 2 spiro atoms. The molecule has 0 saturated carbocycles. The summed E-state index contributed by atoms with van der Waals surface area (Å²) in [5, 5.41) is 31.4. The molecule has 6 saturated heterocycles. The molecule has 5 N–H and O–H groups in total. The summed E-state index contributed by atoms with van der Waals surface area (Å²) in [5.74, 6) is 1.66. The number of likely N-dealkylation sites (N-methyl/N-ethyl adjacent to an activating group) is 1. The summed E-state index contributed by atoms with van der Waals surface area (Å²) < 4.78 is 25.3. The first kappa shape index (κ1) is 127. The number of rotatable bonds is 23. The van der Waals surface area contributed by atoms with Gasteiger partial charge in [0.05, 0.1) is 32.0 Å². The predicted molar refractivity (Wildman–Crippen MR) is 583 cm³/mol. The van der Waals surface area contributed by atoms with E-state index in [0.717, 1.165) is 141 Å². The van der Waals surface area contributed by atoms with Crippen molar-refractivity contribution >= 4 is 133 Å². The number of ether oxygens (including phenoxy) is 2. The van der Waals surface area contributed by atoms with Crippen molar-refractivity contribution in [1.82, 2.24) is 31.1 Å². The van der Waals surface area contributed by atoms with Crippen molar-refractivity contribution in [3.05, 3.63) is 420 Å². The summed E-state index contributed by atoms with van der Waals surface area (Å²) in [6, 6.07) is 122. The van der Waals surface area contributed by atoms with Crippen LogP contribution in [0.5, 0.6) is 0 Å². The first-order chi connectivity index (χ1) is 69.3. The van der Waals surface area contributed by atoms with Crippen LogP contribution in [0, 0.1) is 0 Å². The zero-order valence-corrected chi connectivity index (χ0v) is 98.5. The maximum atomic E-state index is 13.9. The third kappa shape index (κ3) is 31.4. The molecule has 3 amide bonds. The average molecular weight is 2350 g/mol. The second kappa shape index (κ2) is 64.0. The Labute approximate surface area is 966 Å². The number of piperidine rings is 2. The predicted octanol–water partition coefficient (Wildman–Crippen LogP) is 6.52. The van der Waals surface area contributed by atoms with Gasteiger partial charge in [-0.15, -0.1) is 0 Å². The van der Waals surface area contributed by atoms with E-state index < -0.39 is 37.0 Å². The van der Waals surface area contributed by atoms with Gasteiger partial charge in [0.2, 0.25) is 32.2 Å². The van der Waals surface area contributed by atoms with Crippen molar-refractivity contribution in [3.8, 4) is 0 Å². The second-order valence-corrected chi connectivity index (χ2v) is 40.0. The number of likely N-dealkylation sites (tertiary alicyclic amines) is 1. The number of amides is 3. The number of anilines is 2. The molecule has 0 aliphatic carbocycles. The average Bonchev–Trinajstić information content (AvgIpc) is 1.64. The molecule has 6 aliphatic rings. The number of nitrogens with zero attached hydrogens (tertiary/aromatic N) is 6. The van der Waals surface area contributed by atoms with Crippen LogP contribution in [0.1, 0.15) is 115 Å². The second-order valence-electron chi connectivity index (χ2n) is 35.6. The van der Waals surface area contributed by atoms with Crippen LogP contribution >= 0.6 is 64.8 Å². The van der Waals surface area contributed by atoms with Gasteiger partial charge in [-0.2, -0.15) is 0 Å². The Bertz CT molecular complexity index is 5600. The number of carbonyl (C=O) groups excluding carboxylic acids is 5. The summed E-state index contributed by atoms with van der Waals surface area (Å²) >= 11 is 12.8. The van der Waals surface area contributed by atoms with E-state index in [1.165, 1.54) is 22.3 Å². The Kier molecular flexibility index (Phi) is 55.1. The number of hydrogen-bond acceptors (Lipinski definition) is 16. The normalized spacial score (nSPS) is 15.0. The van der Waals surface area contributed by atoms with Gasteiger partial charge in [-0.25, -0.2) is 13.4 Å². The van der Waals surface area contributed by atoms with Crippen LogP contribution in [-0.2, 0) is 79.4 Å². The molecule has 32 heteroatoms. The molecule has 6 aliphatic heterocycles. The fourth-order valence-electron chi connectivity index (χ4n) is 20.2. The molecule has 12 aromatic rings. The van der Waals surface area contributed by atoms with Crippen LogP contribution in [0.3, 0.4) is 0 Å². The van der Waals surface area contributed by atoms with E-state index in [-0.39, 0.29) is 140 Å². The monoisotopic (exact) mass is 2340 g/mol. The van der Waals surface area contributed by atoms with Crippen molar-refractivity contribution in [2.24, 2.45) is 0 Å². The van der Waals surface area contributed by atoms with Crippen LogP contribution < -0.4 is 129 Å². The zero-order chi connectivity index (χ0) is 103. The molecule has 0 unspecified atom stereocenters. The SMILES string of the molecule is CN(C)C(=O)C(CCN1CCC2(CC1)C(=O)NCN2c1ccccc1)(c1ccccc1)c1ccccc1.CNC.C[N+](C)=C1OCCC1(c1ccccc1)c1ccccc1.C[N+](C)=C1OCCC1(c1ccccc1)c1ccccc1.O=C(Cl)C(CCBr)(c1ccccc1)c1ccccc1.O=C(O)C(CCBr)(c1ccccc1)c1ccccc1.O=C1NCN(c2ccccc2)C12CCNCC2.O=CO[O-].O=S(Cl)Cl.[Br-].[Br-].[H-].[Na+].[Na+]. The van der Waals surface area contributed by atoms with Gasteiger partial charge < -0.3 is 101 Å². The van der Waals surface area contributed by atoms with Crippen LogP contribution in [0.15, 0.2) is 364 Å². The first-order valence-corrected chi connectivity index (χ1v) is 53.1. The Hall–Kier alpha value is -9.02. The molecule has 22 nitrogen and oxygen atoms in total. The fraction of sp³-hybridized carbons (Fsp3) is 0.304. The number of alkyl halides is 2. The van der Waals surface area contributed by atoms with Gasteiger partial charge >= 0.3 is 76.9 Å². The van der Waals surface area contributed by atoms with Crippen LogP contribution in [0.4, 0.5) is 11.4 Å². The van der Waals surface area contributed by atoms with Crippen molar-refractivity contribution < 1.29 is 161 Å². The molecule has 18 rings (SSSR count). The molecule has 0 aromatic heterocycles. The maximum Gasteiger partial charge on any atom is 1.00 e. The molecular weight excluding hydrogens is 2220 g/mol. The van der Waals surface area contributed by atoms with Gasteiger partial charge in [0.1, 0.15) is 60.9 Å². The molecule has 0 radical (unpaired) electrons. The van der Waals surface area contributed by atoms with E-state index in [1.807, 2.05) is 222 Å². The third-order valence-corrected chi connectivity index (χ3v) is 27.9. The van der Waals surface area contributed by atoms with E-state index in [9.17, 15) is 29.1 Å². The number of para-hydroxylation sites is 2. The summed E-state index contributed by atoms with van der Waals surface area (Å²) in [7, 11) is 23.0. The Balaban J connectivity index is 0.000000310. The van der Waals surface area contributed by atoms with E-state index in [0.29, 0.717) is 43.3 Å². The smallest absolute Gasteiger partial charge is 1.00 e. The van der Waals surface area contributed by atoms with Crippen molar-refractivity contribution in [2.45, 2.75) is 95.9 Å². The summed E-state index contributed by atoms with van der Waals surface area (Å²) in [6.07, 6.45) is 7.06. The van der Waals surface area contributed by atoms with E-state index in [1.54, 1.807) is 4.90 Å². The summed E-state index contributed by atoms with van der Waals surface area (Å²) in [4.78, 5) is 83.2. The number of carboxylic acids is 1. The topological polar surface area (TPSA) is 258 Å². The standard InChI is InChI=1S/C31H36N4O2.2C18H20NO.C16H14BrClO.C16H15BrO2.C13H17N3O.C2H7N.CH2O3.2BrH.Cl2OS.2Na.H/c1-33(2)29(37)31(25-12-6-3-7-13-25,26-14-8-4-9-15-26)20-23-34-21-18-30(19-22-34)28(36)32-24-35(30)27-16-10-5-11-17-27;2*1-19(2)17-18(13-14-20-17,15-9-5-3-6-10-15)16-11-7-4-8-12-16;2*17-12-11-16(15(18)19,13-7-3-1-4-8-13)14-9-5-2-6-10-14;17-12-13(6-8-14-9-7-13)16(10-15-12)11-4-2-1-3-5-11;1-3-2;2-1-4-3;;;1-4(2)3;;;/h3-17H,18-24H2,1-2H3,(H,32,36);2*3-12H,13-14H2,1-2H3;1-10H,11-12H2;1-10H,11-12H2,(H,18,19);1-5,14H,6-10H2,(H,15,17);3H,1-2H3;1,3H;2*1H;;;;/q;2*+1;;;;;;;;;2*+1;-1/p-3. The fourth-order valence-corrected chi connectivity index (χ4v) is 21.7. The van der Waals surface area contributed by atoms with Crippen LogP contribution in [-0.4, -0.2) is 213 Å². The molecule has 770 valence electrons. The quantitative estimate of drug-likeness (QED) is 0.00869. The molecule has 0 atom stereocenters. The zero-order valence-electron chi connectivity index (χ0n) is 86.0. The number of nitrogens with one attached hydrogen (secondary N) is 4. The molecule has 6 heterocycles. The van der Waals surface area contributed by atoms with Crippen molar-refractivity contribution in [2.75, 3.05) is 136 Å². The molecular formula is C115H131Br4Cl3N10Na2O12S. The Morgan fingerprint density at radius 2 is 0.721 bits per heavy atom. The third-order valence-electron chi connectivity index (χ3n) is 26.8. The minimum absolute atomic E-state index is 0. The van der Waals surface area contributed by atoms with Gasteiger partial charge in [-0.1, -0.05) is 372 Å².